The zero-order valence-electron chi connectivity index (χ0n) is 12.9. The fourth-order valence-corrected chi connectivity index (χ4v) is 3.07. The highest BCUT2D eigenvalue weighted by Gasteiger charge is 2.33. The number of halogens is 2. The number of nitrogens with zero attached hydrogens (tertiary/aromatic N) is 3. The molecule has 2 rings (SSSR count). The molecule has 1 heterocycles. The normalized spacial score (nSPS) is 20.7. The Balaban J connectivity index is 2.16. The second kappa shape index (κ2) is 7.64. The van der Waals surface area contributed by atoms with Crippen LogP contribution >= 0.6 is 23.2 Å². The maximum absolute atomic E-state index is 9.48. The van der Waals surface area contributed by atoms with Crippen LogP contribution in [0.2, 0.25) is 10.0 Å². The Morgan fingerprint density at radius 1 is 1.35 bits per heavy atom. The van der Waals surface area contributed by atoms with Crippen molar-refractivity contribution in [2.75, 3.05) is 0 Å². The molecule has 2 atom stereocenters. The summed E-state index contributed by atoms with van der Waals surface area (Å²) in [4.78, 5) is 8.91. The molecule has 1 aliphatic heterocycles. The van der Waals surface area contributed by atoms with Gasteiger partial charge in [-0.2, -0.15) is 5.26 Å². The van der Waals surface area contributed by atoms with E-state index in [9.17, 15) is 5.26 Å². The van der Waals surface area contributed by atoms with Crippen molar-refractivity contribution in [2.24, 2.45) is 9.98 Å². The Bertz CT molecular complexity index is 725. The summed E-state index contributed by atoms with van der Waals surface area (Å²) in [6.45, 7) is 1.99. The molecule has 5 heteroatoms. The summed E-state index contributed by atoms with van der Waals surface area (Å²) in [5, 5.41) is 10.7. The van der Waals surface area contributed by atoms with E-state index in [2.05, 4.69) is 22.0 Å². The number of benzene rings is 1. The first kappa shape index (κ1) is 17.5. The number of nitriles is 1. The van der Waals surface area contributed by atoms with Crippen LogP contribution in [-0.2, 0) is 0 Å². The lowest BCUT2D eigenvalue weighted by molar-refractivity contribution is 0.503. The third-order valence-electron chi connectivity index (χ3n) is 3.87. The van der Waals surface area contributed by atoms with Crippen LogP contribution in [0.15, 0.2) is 28.2 Å². The smallest absolute Gasteiger partial charge is 0.237 e. The van der Waals surface area contributed by atoms with E-state index >= 15 is 0 Å². The van der Waals surface area contributed by atoms with E-state index in [1.165, 1.54) is 0 Å². The first-order chi connectivity index (χ1) is 11.0. The molecule has 0 fully saturated rings. The first-order valence-electron chi connectivity index (χ1n) is 7.46. The third kappa shape index (κ3) is 4.14. The number of rotatable bonds is 6. The summed E-state index contributed by atoms with van der Waals surface area (Å²) in [7, 11) is 0. The molecule has 0 saturated heterocycles. The standard InChI is InChI=1S/C18H17Cl2N3/c1-3-4-5-6-9-18(12-21)22-11-17(23-18)13(2)15-8-7-14(19)10-16(15)20/h1,7-8,10-11,13H,4-6,9H2,2H3. The van der Waals surface area contributed by atoms with E-state index in [1.54, 1.807) is 18.3 Å². The summed E-state index contributed by atoms with van der Waals surface area (Å²) in [6.07, 6.45) is 9.90. The lowest BCUT2D eigenvalue weighted by Gasteiger charge is -2.15. The highest BCUT2D eigenvalue weighted by Crippen LogP contribution is 2.32. The molecule has 23 heavy (non-hydrogen) atoms. The van der Waals surface area contributed by atoms with Gasteiger partial charge in [-0.15, -0.1) is 12.3 Å². The quantitative estimate of drug-likeness (QED) is 0.526. The summed E-state index contributed by atoms with van der Waals surface area (Å²) >= 11 is 12.2. The van der Waals surface area contributed by atoms with Crippen LogP contribution in [0.3, 0.4) is 0 Å². The van der Waals surface area contributed by atoms with E-state index in [0.717, 1.165) is 24.1 Å². The van der Waals surface area contributed by atoms with Crippen molar-refractivity contribution in [3.63, 3.8) is 0 Å². The van der Waals surface area contributed by atoms with Crippen LogP contribution in [0.1, 0.15) is 44.1 Å². The third-order valence-corrected chi connectivity index (χ3v) is 4.44. The Morgan fingerprint density at radius 3 is 2.78 bits per heavy atom. The van der Waals surface area contributed by atoms with Gasteiger partial charge in [0, 0.05) is 35.0 Å². The van der Waals surface area contributed by atoms with Gasteiger partial charge in [0.2, 0.25) is 5.66 Å². The molecule has 1 aliphatic rings. The maximum atomic E-state index is 9.48. The molecular weight excluding hydrogens is 329 g/mol. The van der Waals surface area contributed by atoms with Crippen LogP contribution in [-0.4, -0.2) is 17.6 Å². The summed E-state index contributed by atoms with van der Waals surface area (Å²) in [5.41, 5.74) is 0.659. The van der Waals surface area contributed by atoms with Crippen molar-refractivity contribution in [2.45, 2.75) is 44.2 Å². The predicted molar refractivity (Wildman–Crippen MR) is 96.4 cm³/mol. The van der Waals surface area contributed by atoms with Crippen molar-refractivity contribution < 1.29 is 0 Å². The van der Waals surface area contributed by atoms with E-state index < -0.39 is 5.66 Å². The molecule has 118 valence electrons. The van der Waals surface area contributed by atoms with Gasteiger partial charge in [0.05, 0.1) is 5.71 Å². The van der Waals surface area contributed by atoms with Crippen molar-refractivity contribution in [1.82, 2.24) is 0 Å². The van der Waals surface area contributed by atoms with Gasteiger partial charge in [-0.05, 0) is 30.5 Å². The zero-order chi connectivity index (χ0) is 16.9. The topological polar surface area (TPSA) is 48.5 Å². The van der Waals surface area contributed by atoms with Gasteiger partial charge in [-0.25, -0.2) is 9.98 Å². The van der Waals surface area contributed by atoms with E-state index in [1.807, 2.05) is 13.0 Å². The SMILES string of the molecule is C#CCCCCC1(C#N)N=CC(C(C)c2ccc(Cl)cc2Cl)=N1. The average Bonchev–Trinajstić information content (AvgIpc) is 2.96. The molecule has 0 bridgehead atoms. The Labute approximate surface area is 147 Å². The van der Waals surface area contributed by atoms with E-state index in [-0.39, 0.29) is 5.92 Å². The molecule has 1 aromatic carbocycles. The Kier molecular flexibility index (Phi) is 5.83. The van der Waals surface area contributed by atoms with E-state index in [0.29, 0.717) is 22.9 Å². The number of hydrogen-bond acceptors (Lipinski definition) is 3. The van der Waals surface area contributed by atoms with Crippen LogP contribution in [0.5, 0.6) is 0 Å². The molecule has 1 aromatic rings. The van der Waals surface area contributed by atoms with Gasteiger partial charge < -0.3 is 0 Å². The summed E-state index contributed by atoms with van der Waals surface area (Å²) < 4.78 is 0. The van der Waals surface area contributed by atoms with Gasteiger partial charge in [0.25, 0.3) is 0 Å². The predicted octanol–water partition coefficient (Wildman–Crippen LogP) is 5.04. The lowest BCUT2D eigenvalue weighted by atomic mass is 9.96. The molecule has 0 aliphatic carbocycles. The molecular formula is C18H17Cl2N3. The van der Waals surface area contributed by atoms with Gasteiger partial charge in [0.1, 0.15) is 6.07 Å². The summed E-state index contributed by atoms with van der Waals surface area (Å²) in [6, 6.07) is 7.61. The van der Waals surface area contributed by atoms with Crippen molar-refractivity contribution in [3.05, 3.63) is 33.8 Å². The minimum atomic E-state index is -1.02. The fourth-order valence-electron chi connectivity index (χ4n) is 2.49. The minimum absolute atomic E-state index is 0.0514. The molecule has 0 radical (unpaired) electrons. The largest absolute Gasteiger partial charge is 0.247 e. The molecule has 0 aromatic heterocycles. The molecule has 0 N–H and O–H groups in total. The Hall–Kier alpha value is -1.81. The number of unbranched alkanes of at least 4 members (excludes halogenated alkanes) is 2. The van der Waals surface area contributed by atoms with Gasteiger partial charge in [-0.3, -0.25) is 0 Å². The van der Waals surface area contributed by atoms with Crippen LogP contribution in [0.4, 0.5) is 0 Å². The van der Waals surface area contributed by atoms with Crippen LogP contribution in [0, 0.1) is 23.7 Å². The second-order valence-corrected chi connectivity index (χ2v) is 6.37. The summed E-state index contributed by atoms with van der Waals surface area (Å²) in [5.74, 6) is 2.55. The lowest BCUT2D eigenvalue weighted by Crippen LogP contribution is -2.19. The molecule has 0 amide bonds. The molecule has 0 saturated carbocycles. The van der Waals surface area contributed by atoms with Gasteiger partial charge >= 0.3 is 0 Å². The molecule has 2 unspecified atom stereocenters. The Morgan fingerprint density at radius 2 is 2.13 bits per heavy atom. The molecule has 0 spiro atoms. The highest BCUT2D eigenvalue weighted by atomic mass is 35.5. The monoisotopic (exact) mass is 345 g/mol. The van der Waals surface area contributed by atoms with Crippen molar-refractivity contribution in [1.29, 1.82) is 5.26 Å². The van der Waals surface area contributed by atoms with Crippen LogP contribution < -0.4 is 0 Å². The first-order valence-corrected chi connectivity index (χ1v) is 8.21. The van der Waals surface area contributed by atoms with Crippen molar-refractivity contribution in [3.8, 4) is 18.4 Å². The number of hydrogen-bond donors (Lipinski definition) is 0. The second-order valence-electron chi connectivity index (χ2n) is 5.52. The fraction of sp³-hybridized carbons (Fsp3) is 0.389. The average molecular weight is 346 g/mol. The highest BCUT2D eigenvalue weighted by molar-refractivity contribution is 6.37. The number of aliphatic imine (C=N–C) groups is 2. The zero-order valence-corrected chi connectivity index (χ0v) is 14.4. The van der Waals surface area contributed by atoms with Gasteiger partial charge in [-0.1, -0.05) is 36.2 Å². The van der Waals surface area contributed by atoms with Gasteiger partial charge in [0.15, 0.2) is 0 Å². The van der Waals surface area contributed by atoms with E-state index in [4.69, 9.17) is 29.6 Å². The minimum Gasteiger partial charge on any atom is -0.247 e. The molecule has 3 nitrogen and oxygen atoms in total. The van der Waals surface area contributed by atoms with Crippen molar-refractivity contribution >= 4 is 35.1 Å². The number of terminal acetylenes is 1. The maximum Gasteiger partial charge on any atom is 0.237 e. The van der Waals surface area contributed by atoms with Crippen LogP contribution in [0.25, 0.3) is 0 Å².